The Morgan fingerprint density at radius 1 is 1.14 bits per heavy atom. The van der Waals surface area contributed by atoms with E-state index < -0.39 is 0 Å². The number of amides is 1. The molecule has 7 nitrogen and oxygen atoms in total. The average Bonchev–Trinajstić information content (AvgIpc) is 2.71. The molecule has 0 saturated heterocycles. The van der Waals surface area contributed by atoms with Crippen molar-refractivity contribution < 1.29 is 9.32 Å². The van der Waals surface area contributed by atoms with E-state index in [1.165, 1.54) is 0 Å². The van der Waals surface area contributed by atoms with Gasteiger partial charge in [-0.2, -0.15) is 0 Å². The molecule has 0 atom stereocenters. The Morgan fingerprint density at radius 3 is 2.43 bits per heavy atom. The van der Waals surface area contributed by atoms with E-state index in [0.29, 0.717) is 23.2 Å². The summed E-state index contributed by atoms with van der Waals surface area (Å²) in [6.45, 7) is 9.54. The molecule has 0 aromatic carbocycles. The Labute approximate surface area is 123 Å². The Hall–Kier alpha value is -2.44. The zero-order chi connectivity index (χ0) is 15.6. The van der Waals surface area contributed by atoms with Gasteiger partial charge in [0.25, 0.3) is 5.91 Å². The lowest BCUT2D eigenvalue weighted by Gasteiger charge is -2.21. The van der Waals surface area contributed by atoms with Crippen LogP contribution in [0.15, 0.2) is 16.7 Å². The lowest BCUT2D eigenvalue weighted by Crippen LogP contribution is -2.27. The van der Waals surface area contributed by atoms with Crippen molar-refractivity contribution in [1.82, 2.24) is 15.1 Å². The van der Waals surface area contributed by atoms with Gasteiger partial charge < -0.3 is 15.2 Å². The van der Waals surface area contributed by atoms with Crippen LogP contribution >= 0.6 is 0 Å². The lowest BCUT2D eigenvalue weighted by atomic mass is 10.1. The van der Waals surface area contributed by atoms with Gasteiger partial charge in [-0.1, -0.05) is 5.16 Å². The second-order valence-electron chi connectivity index (χ2n) is 5.84. The minimum atomic E-state index is -0.356. The summed E-state index contributed by atoms with van der Waals surface area (Å²) in [4.78, 5) is 20.6. The van der Waals surface area contributed by atoms with Crippen molar-refractivity contribution in [3.8, 4) is 0 Å². The monoisotopic (exact) mass is 289 g/mol. The zero-order valence-electron chi connectivity index (χ0n) is 12.8. The first-order valence-corrected chi connectivity index (χ1v) is 6.61. The van der Waals surface area contributed by atoms with Crippen molar-refractivity contribution >= 4 is 17.5 Å². The normalized spacial score (nSPS) is 11.3. The number of hydrogen-bond donors (Lipinski definition) is 2. The van der Waals surface area contributed by atoms with Gasteiger partial charge in [0.05, 0.1) is 0 Å². The number of rotatable bonds is 3. The maximum atomic E-state index is 12.2. The number of carbonyl (C=O) groups excluding carboxylic acids is 1. The molecule has 1 amide bonds. The molecule has 2 aromatic heterocycles. The Morgan fingerprint density at radius 2 is 1.86 bits per heavy atom. The van der Waals surface area contributed by atoms with Crippen LogP contribution in [0.3, 0.4) is 0 Å². The average molecular weight is 289 g/mol. The molecule has 2 rings (SSSR count). The van der Waals surface area contributed by atoms with Crippen molar-refractivity contribution in [2.75, 3.05) is 10.6 Å². The van der Waals surface area contributed by atoms with E-state index in [-0.39, 0.29) is 17.1 Å². The zero-order valence-corrected chi connectivity index (χ0v) is 12.8. The summed E-state index contributed by atoms with van der Waals surface area (Å²) in [5, 5.41) is 9.57. The van der Waals surface area contributed by atoms with Crippen LogP contribution in [0.25, 0.3) is 0 Å². The summed E-state index contributed by atoms with van der Waals surface area (Å²) in [5.74, 6) is 1.76. The second-order valence-corrected chi connectivity index (χ2v) is 5.84. The standard InChI is InChI=1S/C14H19N5O2/c1-8-6-12(19-21-8)17-13(20)10-7-11(16-9(2)15-10)18-14(3,4)5/h6-7H,1-5H3,(H,15,16,18)(H,17,19,20). The molecule has 0 fully saturated rings. The third-order valence-electron chi connectivity index (χ3n) is 2.44. The van der Waals surface area contributed by atoms with Crippen molar-refractivity contribution in [3.05, 3.63) is 29.4 Å². The highest BCUT2D eigenvalue weighted by Crippen LogP contribution is 2.15. The molecule has 0 unspecified atom stereocenters. The molecule has 2 heterocycles. The number of nitrogens with one attached hydrogen (secondary N) is 2. The number of nitrogens with zero attached hydrogens (tertiary/aromatic N) is 3. The van der Waals surface area contributed by atoms with Crippen LogP contribution in [0.4, 0.5) is 11.6 Å². The van der Waals surface area contributed by atoms with Crippen LogP contribution < -0.4 is 10.6 Å². The minimum Gasteiger partial charge on any atom is -0.365 e. The first-order chi connectivity index (χ1) is 9.73. The van der Waals surface area contributed by atoms with E-state index in [0.717, 1.165) is 0 Å². The van der Waals surface area contributed by atoms with Crippen molar-refractivity contribution in [3.63, 3.8) is 0 Å². The van der Waals surface area contributed by atoms with Crippen LogP contribution in [0.1, 0.15) is 42.8 Å². The molecule has 0 aliphatic heterocycles. The highest BCUT2D eigenvalue weighted by molar-refractivity contribution is 6.02. The molecule has 0 bridgehead atoms. The first kappa shape index (κ1) is 15.0. The van der Waals surface area contributed by atoms with Crippen molar-refractivity contribution in [1.29, 1.82) is 0 Å². The van der Waals surface area contributed by atoms with Crippen LogP contribution in [0.5, 0.6) is 0 Å². The number of carbonyl (C=O) groups is 1. The molecule has 21 heavy (non-hydrogen) atoms. The van der Waals surface area contributed by atoms with Gasteiger partial charge in [0.2, 0.25) is 0 Å². The summed E-state index contributed by atoms with van der Waals surface area (Å²) >= 11 is 0. The largest absolute Gasteiger partial charge is 0.365 e. The van der Waals surface area contributed by atoms with E-state index in [4.69, 9.17) is 4.52 Å². The fourth-order valence-corrected chi connectivity index (χ4v) is 1.74. The maximum Gasteiger partial charge on any atom is 0.275 e. The molecular formula is C14H19N5O2. The second kappa shape index (κ2) is 5.51. The van der Waals surface area contributed by atoms with Gasteiger partial charge in [0.15, 0.2) is 5.82 Å². The van der Waals surface area contributed by atoms with Gasteiger partial charge in [-0.05, 0) is 34.6 Å². The number of aromatic nitrogens is 3. The van der Waals surface area contributed by atoms with E-state index in [2.05, 4.69) is 25.8 Å². The van der Waals surface area contributed by atoms with E-state index in [9.17, 15) is 4.79 Å². The molecule has 2 N–H and O–H groups in total. The molecule has 7 heteroatoms. The van der Waals surface area contributed by atoms with Crippen LogP contribution in [0, 0.1) is 13.8 Å². The molecular weight excluding hydrogens is 270 g/mol. The molecule has 0 aliphatic rings. The van der Waals surface area contributed by atoms with Gasteiger partial charge in [0, 0.05) is 17.7 Å². The summed E-state index contributed by atoms with van der Waals surface area (Å²) in [6, 6.07) is 3.25. The highest BCUT2D eigenvalue weighted by atomic mass is 16.5. The number of anilines is 2. The highest BCUT2D eigenvalue weighted by Gasteiger charge is 2.15. The van der Waals surface area contributed by atoms with Crippen molar-refractivity contribution in [2.24, 2.45) is 0 Å². The first-order valence-electron chi connectivity index (χ1n) is 6.61. The molecule has 112 valence electrons. The molecule has 0 aliphatic carbocycles. The Kier molecular flexibility index (Phi) is 3.93. The van der Waals surface area contributed by atoms with Crippen LogP contribution in [-0.2, 0) is 0 Å². The molecule has 2 aromatic rings. The SMILES string of the molecule is Cc1nc(NC(C)(C)C)cc(C(=O)Nc2cc(C)on2)n1. The molecule has 0 radical (unpaired) electrons. The maximum absolute atomic E-state index is 12.2. The fraction of sp³-hybridized carbons (Fsp3) is 0.429. The van der Waals surface area contributed by atoms with E-state index >= 15 is 0 Å². The van der Waals surface area contributed by atoms with Crippen LogP contribution in [0.2, 0.25) is 0 Å². The summed E-state index contributed by atoms with van der Waals surface area (Å²) in [7, 11) is 0. The lowest BCUT2D eigenvalue weighted by molar-refractivity contribution is 0.102. The third kappa shape index (κ3) is 4.27. The van der Waals surface area contributed by atoms with E-state index in [1.54, 1.807) is 26.0 Å². The summed E-state index contributed by atoms with van der Waals surface area (Å²) in [5.41, 5.74) is 0.118. The molecule has 0 saturated carbocycles. The number of hydrogen-bond acceptors (Lipinski definition) is 6. The van der Waals surface area contributed by atoms with Gasteiger partial charge >= 0.3 is 0 Å². The van der Waals surface area contributed by atoms with E-state index in [1.807, 2.05) is 20.8 Å². The van der Waals surface area contributed by atoms with Gasteiger partial charge in [-0.25, -0.2) is 9.97 Å². The predicted octanol–water partition coefficient (Wildman–Crippen LogP) is 2.54. The van der Waals surface area contributed by atoms with Gasteiger partial charge in [0.1, 0.15) is 23.1 Å². The topological polar surface area (TPSA) is 92.9 Å². The van der Waals surface area contributed by atoms with Crippen molar-refractivity contribution in [2.45, 2.75) is 40.2 Å². The third-order valence-corrected chi connectivity index (χ3v) is 2.44. The Balaban J connectivity index is 2.20. The molecule has 0 spiro atoms. The summed E-state index contributed by atoms with van der Waals surface area (Å²) < 4.78 is 4.90. The fourth-order valence-electron chi connectivity index (χ4n) is 1.74. The predicted molar refractivity (Wildman–Crippen MR) is 79.3 cm³/mol. The van der Waals surface area contributed by atoms with Gasteiger partial charge in [-0.3, -0.25) is 4.79 Å². The van der Waals surface area contributed by atoms with Gasteiger partial charge in [-0.15, -0.1) is 0 Å². The number of aryl methyl sites for hydroxylation is 2. The Bertz CT molecular complexity index is 658. The summed E-state index contributed by atoms with van der Waals surface area (Å²) in [6.07, 6.45) is 0. The van der Waals surface area contributed by atoms with Crippen LogP contribution in [-0.4, -0.2) is 26.6 Å². The smallest absolute Gasteiger partial charge is 0.275 e. The minimum absolute atomic E-state index is 0.155. The quantitative estimate of drug-likeness (QED) is 0.902.